The minimum absolute atomic E-state index is 0. The molecule has 2 rings (SSSR count). The second-order valence-electron chi connectivity index (χ2n) is 6.23. The first-order valence-corrected chi connectivity index (χ1v) is 9.19. The largest absolute Gasteiger partial charge is 0.467 e. The maximum atomic E-state index is 13.7. The van der Waals surface area contributed by atoms with Crippen LogP contribution < -0.4 is 15.4 Å². The molecule has 5 nitrogen and oxygen atoms in total. The zero-order valence-electron chi connectivity index (χ0n) is 15.1. The van der Waals surface area contributed by atoms with E-state index in [1.54, 1.807) is 18.8 Å². The van der Waals surface area contributed by atoms with E-state index in [1.165, 1.54) is 12.1 Å². The summed E-state index contributed by atoms with van der Waals surface area (Å²) in [6, 6.07) is 3.00. The number of ether oxygens (including phenoxy) is 2. The normalized spacial score (nSPS) is 14.2. The van der Waals surface area contributed by atoms with E-state index >= 15 is 0 Å². The van der Waals surface area contributed by atoms with Crippen molar-refractivity contribution in [2.24, 2.45) is 4.99 Å². The van der Waals surface area contributed by atoms with Crippen molar-refractivity contribution in [1.29, 1.82) is 0 Å². The molecule has 1 heterocycles. The number of nitrogens with one attached hydrogen (secondary N) is 2. The highest BCUT2D eigenvalue weighted by molar-refractivity contribution is 14.0. The van der Waals surface area contributed by atoms with Crippen molar-refractivity contribution >= 4 is 41.7 Å². The van der Waals surface area contributed by atoms with Gasteiger partial charge >= 0.3 is 0 Å². The van der Waals surface area contributed by atoms with Crippen LogP contribution in [0.15, 0.2) is 17.1 Å². The number of guanidine groups is 1. The number of fused-ring (bicyclic) bond motifs is 1. The number of hydrogen-bond donors (Lipinski definition) is 2. The van der Waals surface area contributed by atoms with E-state index in [4.69, 9.17) is 9.47 Å². The van der Waals surface area contributed by atoms with E-state index in [9.17, 15) is 4.39 Å². The lowest BCUT2D eigenvalue weighted by Crippen LogP contribution is -2.43. The predicted octanol–water partition coefficient (Wildman–Crippen LogP) is 3.16. The Balaban J connectivity index is 0.00000312. The van der Waals surface area contributed by atoms with E-state index in [-0.39, 0.29) is 41.3 Å². The summed E-state index contributed by atoms with van der Waals surface area (Å²) in [5.41, 5.74) is 1.61. The van der Waals surface area contributed by atoms with Crippen LogP contribution in [-0.4, -0.2) is 43.9 Å². The van der Waals surface area contributed by atoms with E-state index in [0.717, 1.165) is 29.4 Å². The van der Waals surface area contributed by atoms with Crippen molar-refractivity contribution < 1.29 is 13.9 Å². The molecule has 0 atom stereocenters. The van der Waals surface area contributed by atoms with Gasteiger partial charge in [0.05, 0.1) is 6.61 Å². The van der Waals surface area contributed by atoms with Gasteiger partial charge < -0.3 is 20.1 Å². The van der Waals surface area contributed by atoms with Gasteiger partial charge in [-0.1, -0.05) is 0 Å². The standard InChI is InChI=1S/C17H26FN3O2S.HI/c1-17(2,24-4)10-21-16(19-3)20-6-5-12-7-14(18)8-13-9-22-11-23-15(12)13;/h7-8H,5-6,9-11H2,1-4H3,(H2,19,20,21);1H. The summed E-state index contributed by atoms with van der Waals surface area (Å²) in [5.74, 6) is 1.23. The molecule has 8 heteroatoms. The van der Waals surface area contributed by atoms with Gasteiger partial charge in [-0.25, -0.2) is 4.39 Å². The van der Waals surface area contributed by atoms with Gasteiger partial charge in [-0.2, -0.15) is 11.8 Å². The number of rotatable bonds is 6. The van der Waals surface area contributed by atoms with Crippen molar-refractivity contribution in [3.05, 3.63) is 29.1 Å². The lowest BCUT2D eigenvalue weighted by Gasteiger charge is -2.24. The summed E-state index contributed by atoms with van der Waals surface area (Å²) in [4.78, 5) is 4.22. The molecular formula is C17H27FIN3O2S. The average molecular weight is 483 g/mol. The number of hydrogen-bond acceptors (Lipinski definition) is 4. The lowest BCUT2D eigenvalue weighted by molar-refractivity contribution is -0.0172. The van der Waals surface area contributed by atoms with Gasteiger partial charge in [0, 0.05) is 30.4 Å². The Morgan fingerprint density at radius 2 is 2.12 bits per heavy atom. The summed E-state index contributed by atoms with van der Waals surface area (Å²) in [6.45, 7) is 6.41. The first-order valence-electron chi connectivity index (χ1n) is 7.96. The van der Waals surface area contributed by atoms with Crippen LogP contribution >= 0.6 is 35.7 Å². The summed E-state index contributed by atoms with van der Waals surface area (Å²) in [7, 11) is 1.74. The second-order valence-corrected chi connectivity index (χ2v) is 7.74. The molecule has 0 fully saturated rings. The maximum absolute atomic E-state index is 13.7. The molecule has 0 unspecified atom stereocenters. The molecule has 1 aromatic rings. The first-order chi connectivity index (χ1) is 11.4. The highest BCUT2D eigenvalue weighted by atomic mass is 127. The Bertz CT molecular complexity index is 600. The maximum Gasteiger partial charge on any atom is 0.191 e. The number of aliphatic imine (C=N–C) groups is 1. The van der Waals surface area contributed by atoms with Crippen molar-refractivity contribution in [3.63, 3.8) is 0 Å². The number of thioether (sulfide) groups is 1. The van der Waals surface area contributed by atoms with E-state index in [1.807, 2.05) is 0 Å². The monoisotopic (exact) mass is 483 g/mol. The van der Waals surface area contributed by atoms with Crippen LogP contribution in [0.1, 0.15) is 25.0 Å². The number of halogens is 2. The molecule has 1 aliphatic rings. The molecule has 2 N–H and O–H groups in total. The van der Waals surface area contributed by atoms with Crippen LogP contribution in [0.25, 0.3) is 0 Å². The molecule has 142 valence electrons. The quantitative estimate of drug-likeness (QED) is 0.370. The van der Waals surface area contributed by atoms with Crippen LogP contribution in [0.5, 0.6) is 5.75 Å². The van der Waals surface area contributed by atoms with E-state index in [2.05, 4.69) is 35.7 Å². The third-order valence-corrected chi connectivity index (χ3v) is 5.15. The molecular weight excluding hydrogens is 456 g/mol. The molecule has 0 saturated carbocycles. The Kier molecular flexibility index (Phi) is 9.29. The number of benzene rings is 1. The molecule has 0 bridgehead atoms. The van der Waals surface area contributed by atoms with Crippen molar-refractivity contribution in [3.8, 4) is 5.75 Å². The molecule has 25 heavy (non-hydrogen) atoms. The van der Waals surface area contributed by atoms with Crippen LogP contribution in [0.3, 0.4) is 0 Å². The molecule has 1 aromatic carbocycles. The molecule has 0 saturated heterocycles. The molecule has 0 aromatic heterocycles. The average Bonchev–Trinajstić information content (AvgIpc) is 2.57. The van der Waals surface area contributed by atoms with E-state index in [0.29, 0.717) is 19.6 Å². The fraction of sp³-hybridized carbons (Fsp3) is 0.588. The molecule has 1 aliphatic heterocycles. The summed E-state index contributed by atoms with van der Waals surface area (Å²) in [6.07, 6.45) is 2.74. The lowest BCUT2D eigenvalue weighted by atomic mass is 10.1. The Labute approximate surface area is 170 Å². The predicted molar refractivity (Wildman–Crippen MR) is 113 cm³/mol. The summed E-state index contributed by atoms with van der Waals surface area (Å²) < 4.78 is 24.6. The van der Waals surface area contributed by atoms with Crippen LogP contribution in [0.4, 0.5) is 4.39 Å². The Morgan fingerprint density at radius 1 is 1.36 bits per heavy atom. The molecule has 0 spiro atoms. The minimum atomic E-state index is -0.262. The number of nitrogens with zero attached hydrogens (tertiary/aromatic N) is 1. The topological polar surface area (TPSA) is 54.9 Å². The minimum Gasteiger partial charge on any atom is -0.467 e. The molecule has 0 amide bonds. The zero-order valence-corrected chi connectivity index (χ0v) is 18.3. The van der Waals surface area contributed by atoms with Crippen LogP contribution in [0.2, 0.25) is 0 Å². The van der Waals surface area contributed by atoms with Crippen molar-refractivity contribution in [2.45, 2.75) is 31.6 Å². The van der Waals surface area contributed by atoms with Crippen molar-refractivity contribution in [1.82, 2.24) is 10.6 Å². The summed E-state index contributed by atoms with van der Waals surface area (Å²) >= 11 is 1.80. The van der Waals surface area contributed by atoms with Crippen molar-refractivity contribution in [2.75, 3.05) is 33.2 Å². The highest BCUT2D eigenvalue weighted by Gasteiger charge is 2.18. The molecule has 0 aliphatic carbocycles. The van der Waals surface area contributed by atoms with Gasteiger partial charge in [0.2, 0.25) is 0 Å². The fourth-order valence-electron chi connectivity index (χ4n) is 2.35. The van der Waals surface area contributed by atoms with E-state index < -0.39 is 0 Å². The van der Waals surface area contributed by atoms with Gasteiger partial charge in [-0.15, -0.1) is 24.0 Å². The SMILES string of the molecule is CN=C(NCCc1cc(F)cc2c1OCOC2)NCC(C)(C)SC.I. The van der Waals surface area contributed by atoms with Gasteiger partial charge in [-0.05, 0) is 44.2 Å². The zero-order chi connectivity index (χ0) is 17.6. The highest BCUT2D eigenvalue weighted by Crippen LogP contribution is 2.29. The van der Waals surface area contributed by atoms with Gasteiger partial charge in [0.15, 0.2) is 12.8 Å². The van der Waals surface area contributed by atoms with Gasteiger partial charge in [-0.3, -0.25) is 4.99 Å². The second kappa shape index (κ2) is 10.4. The third-order valence-electron chi connectivity index (χ3n) is 3.90. The Hall–Kier alpha value is -0.740. The fourth-order valence-corrected chi connectivity index (χ4v) is 2.56. The van der Waals surface area contributed by atoms with Crippen LogP contribution in [-0.2, 0) is 17.8 Å². The Morgan fingerprint density at radius 3 is 2.80 bits per heavy atom. The van der Waals surface area contributed by atoms with Gasteiger partial charge in [0.25, 0.3) is 0 Å². The smallest absolute Gasteiger partial charge is 0.191 e. The van der Waals surface area contributed by atoms with Gasteiger partial charge in [0.1, 0.15) is 11.6 Å². The van der Waals surface area contributed by atoms with Crippen LogP contribution in [0, 0.1) is 5.82 Å². The summed E-state index contributed by atoms with van der Waals surface area (Å²) in [5, 5.41) is 6.57. The molecule has 0 radical (unpaired) electrons. The first kappa shape index (κ1) is 22.3. The third kappa shape index (κ3) is 6.82.